The minimum atomic E-state index is 0.576. The van der Waals surface area contributed by atoms with Gasteiger partial charge in [0.2, 0.25) is 5.89 Å². The summed E-state index contributed by atoms with van der Waals surface area (Å²) in [4.78, 5) is 6.42. The van der Waals surface area contributed by atoms with Crippen molar-refractivity contribution in [1.29, 1.82) is 0 Å². The molecule has 5 nitrogen and oxygen atoms in total. The van der Waals surface area contributed by atoms with Gasteiger partial charge in [0.25, 0.3) is 0 Å². The Labute approximate surface area is 129 Å². The van der Waals surface area contributed by atoms with Crippen LogP contribution >= 0.6 is 11.6 Å². The van der Waals surface area contributed by atoms with Gasteiger partial charge in [-0.3, -0.25) is 4.90 Å². The first kappa shape index (κ1) is 15.8. The average molecular weight is 310 g/mol. The second-order valence-electron chi connectivity index (χ2n) is 4.90. The van der Waals surface area contributed by atoms with E-state index in [1.165, 1.54) is 0 Å². The van der Waals surface area contributed by atoms with Crippen LogP contribution in [-0.2, 0) is 13.0 Å². The predicted molar refractivity (Wildman–Crippen MR) is 81.6 cm³/mol. The highest BCUT2D eigenvalue weighted by Crippen LogP contribution is 2.16. The minimum Gasteiger partial charge on any atom is -0.492 e. The average Bonchev–Trinajstić information content (AvgIpc) is 2.86. The summed E-state index contributed by atoms with van der Waals surface area (Å²) < 4.78 is 10.9. The first-order valence-electron chi connectivity index (χ1n) is 7.05. The van der Waals surface area contributed by atoms with Crippen molar-refractivity contribution >= 4 is 11.6 Å². The molecule has 0 aliphatic heterocycles. The second-order valence-corrected chi connectivity index (χ2v) is 5.33. The molecular weight excluding hydrogens is 290 g/mol. The van der Waals surface area contributed by atoms with E-state index < -0.39 is 0 Å². The summed E-state index contributed by atoms with van der Waals surface area (Å²) in [5.41, 5.74) is 0. The van der Waals surface area contributed by atoms with Crippen molar-refractivity contribution < 1.29 is 9.26 Å². The molecule has 114 valence electrons. The lowest BCUT2D eigenvalue weighted by molar-refractivity contribution is 0.212. The van der Waals surface area contributed by atoms with E-state index >= 15 is 0 Å². The number of aryl methyl sites for hydroxylation is 1. The Morgan fingerprint density at radius 1 is 1.38 bits per heavy atom. The van der Waals surface area contributed by atoms with E-state index in [1.807, 2.05) is 25.2 Å². The van der Waals surface area contributed by atoms with Gasteiger partial charge in [-0.05, 0) is 31.7 Å². The molecule has 6 heteroatoms. The van der Waals surface area contributed by atoms with Crippen LogP contribution in [0, 0.1) is 0 Å². The van der Waals surface area contributed by atoms with Crippen molar-refractivity contribution in [3.05, 3.63) is 41.0 Å². The highest BCUT2D eigenvalue weighted by molar-refractivity contribution is 6.30. The standard InChI is InChI=1S/C15H20ClN3O2/c1-3-5-14-17-15(21-18-14)11-19(2)8-9-20-13-7-4-6-12(16)10-13/h4,6-7,10H,3,5,8-9,11H2,1-2H3. The Morgan fingerprint density at radius 3 is 3.00 bits per heavy atom. The van der Waals surface area contributed by atoms with Gasteiger partial charge in [-0.25, -0.2) is 0 Å². The number of hydrogen-bond donors (Lipinski definition) is 0. The number of aromatic nitrogens is 2. The molecule has 1 heterocycles. The molecule has 0 N–H and O–H groups in total. The maximum absolute atomic E-state index is 5.90. The molecule has 2 aromatic rings. The number of ether oxygens (including phenoxy) is 1. The SMILES string of the molecule is CCCc1noc(CN(C)CCOc2cccc(Cl)c2)n1. The first-order chi connectivity index (χ1) is 10.2. The van der Waals surface area contributed by atoms with Crippen molar-refractivity contribution in [2.45, 2.75) is 26.3 Å². The summed E-state index contributed by atoms with van der Waals surface area (Å²) in [6.45, 7) is 4.05. The molecule has 0 atom stereocenters. The van der Waals surface area contributed by atoms with Crippen LogP contribution in [0.2, 0.25) is 5.02 Å². The van der Waals surface area contributed by atoms with E-state index in [4.69, 9.17) is 20.9 Å². The maximum atomic E-state index is 5.90. The Morgan fingerprint density at radius 2 is 2.24 bits per heavy atom. The molecule has 0 aliphatic rings. The fourth-order valence-corrected chi connectivity index (χ4v) is 2.05. The lowest BCUT2D eigenvalue weighted by atomic mass is 10.3. The largest absolute Gasteiger partial charge is 0.492 e. The maximum Gasteiger partial charge on any atom is 0.240 e. The summed E-state index contributed by atoms with van der Waals surface area (Å²) in [7, 11) is 1.99. The molecule has 0 aliphatic carbocycles. The molecule has 2 rings (SSSR count). The van der Waals surface area contributed by atoms with Crippen molar-refractivity contribution in [3.63, 3.8) is 0 Å². The van der Waals surface area contributed by atoms with Gasteiger partial charge >= 0.3 is 0 Å². The van der Waals surface area contributed by atoms with Gasteiger partial charge in [0, 0.05) is 18.0 Å². The number of nitrogens with zero attached hydrogens (tertiary/aromatic N) is 3. The fraction of sp³-hybridized carbons (Fsp3) is 0.467. The molecule has 21 heavy (non-hydrogen) atoms. The van der Waals surface area contributed by atoms with Crippen LogP contribution in [0.5, 0.6) is 5.75 Å². The second kappa shape index (κ2) is 8.00. The van der Waals surface area contributed by atoms with Gasteiger partial charge in [0.05, 0.1) is 6.54 Å². The van der Waals surface area contributed by atoms with Crippen molar-refractivity contribution in [1.82, 2.24) is 15.0 Å². The van der Waals surface area contributed by atoms with E-state index in [2.05, 4.69) is 22.0 Å². The minimum absolute atomic E-state index is 0.576. The molecule has 0 amide bonds. The van der Waals surface area contributed by atoms with Gasteiger partial charge in [-0.1, -0.05) is 29.7 Å². The molecule has 0 bridgehead atoms. The van der Waals surface area contributed by atoms with Crippen LogP contribution in [0.4, 0.5) is 0 Å². The Balaban J connectivity index is 1.72. The monoisotopic (exact) mass is 309 g/mol. The number of rotatable bonds is 8. The summed E-state index contributed by atoms with van der Waals surface area (Å²) in [5, 5.41) is 4.61. The summed E-state index contributed by atoms with van der Waals surface area (Å²) in [6, 6.07) is 7.39. The number of benzene rings is 1. The van der Waals surface area contributed by atoms with Crippen LogP contribution < -0.4 is 4.74 Å². The normalized spacial score (nSPS) is 11.0. The topological polar surface area (TPSA) is 51.4 Å². The summed E-state index contributed by atoms with van der Waals surface area (Å²) >= 11 is 5.90. The Hall–Kier alpha value is -1.59. The van der Waals surface area contributed by atoms with Crippen LogP contribution in [0.15, 0.2) is 28.8 Å². The molecule has 0 fully saturated rings. The van der Waals surface area contributed by atoms with E-state index in [0.717, 1.165) is 31.0 Å². The zero-order chi connectivity index (χ0) is 15.1. The first-order valence-corrected chi connectivity index (χ1v) is 7.43. The van der Waals surface area contributed by atoms with Crippen LogP contribution in [-0.4, -0.2) is 35.2 Å². The van der Waals surface area contributed by atoms with E-state index in [-0.39, 0.29) is 0 Å². The van der Waals surface area contributed by atoms with E-state index in [9.17, 15) is 0 Å². The van der Waals surface area contributed by atoms with Crippen molar-refractivity contribution in [3.8, 4) is 5.75 Å². The predicted octanol–water partition coefficient (Wildman–Crippen LogP) is 3.19. The zero-order valence-corrected chi connectivity index (χ0v) is 13.1. The number of likely N-dealkylation sites (N-methyl/N-ethyl adjacent to an activating group) is 1. The lowest BCUT2D eigenvalue weighted by Gasteiger charge is -2.14. The van der Waals surface area contributed by atoms with Crippen LogP contribution in [0.3, 0.4) is 0 Å². The molecule has 1 aromatic heterocycles. The number of halogens is 1. The quantitative estimate of drug-likeness (QED) is 0.749. The van der Waals surface area contributed by atoms with Gasteiger partial charge < -0.3 is 9.26 Å². The number of hydrogen-bond acceptors (Lipinski definition) is 5. The van der Waals surface area contributed by atoms with E-state index in [0.29, 0.717) is 24.1 Å². The van der Waals surface area contributed by atoms with Gasteiger partial charge in [0.1, 0.15) is 12.4 Å². The zero-order valence-electron chi connectivity index (χ0n) is 12.4. The lowest BCUT2D eigenvalue weighted by Crippen LogP contribution is -2.24. The third kappa shape index (κ3) is 5.36. The summed E-state index contributed by atoms with van der Waals surface area (Å²) in [6.07, 6.45) is 1.87. The van der Waals surface area contributed by atoms with Gasteiger partial charge in [0.15, 0.2) is 5.82 Å². The molecule has 0 saturated heterocycles. The molecule has 0 spiro atoms. The Kier molecular flexibility index (Phi) is 6.02. The highest BCUT2D eigenvalue weighted by atomic mass is 35.5. The van der Waals surface area contributed by atoms with Gasteiger partial charge in [-0.15, -0.1) is 0 Å². The molecule has 0 radical (unpaired) electrons. The molecule has 0 unspecified atom stereocenters. The van der Waals surface area contributed by atoms with Crippen LogP contribution in [0.1, 0.15) is 25.1 Å². The van der Waals surface area contributed by atoms with Gasteiger partial charge in [-0.2, -0.15) is 4.98 Å². The summed E-state index contributed by atoms with van der Waals surface area (Å²) in [5.74, 6) is 2.19. The van der Waals surface area contributed by atoms with E-state index in [1.54, 1.807) is 6.07 Å². The molecular formula is C15H20ClN3O2. The third-order valence-corrected chi connectivity index (χ3v) is 3.16. The Bertz CT molecular complexity index is 559. The van der Waals surface area contributed by atoms with Crippen LogP contribution in [0.25, 0.3) is 0 Å². The molecule has 0 saturated carbocycles. The highest BCUT2D eigenvalue weighted by Gasteiger charge is 2.08. The van der Waals surface area contributed by atoms with Crippen molar-refractivity contribution in [2.24, 2.45) is 0 Å². The fourth-order valence-electron chi connectivity index (χ4n) is 1.87. The van der Waals surface area contributed by atoms with Crippen molar-refractivity contribution in [2.75, 3.05) is 20.2 Å². The molecule has 1 aromatic carbocycles. The third-order valence-electron chi connectivity index (χ3n) is 2.93. The smallest absolute Gasteiger partial charge is 0.240 e.